The fourth-order valence-electron chi connectivity index (χ4n) is 2.82. The average molecular weight is 345 g/mol. The minimum Gasteiger partial charge on any atom is -0.490 e. The Morgan fingerprint density at radius 3 is 2.48 bits per heavy atom. The molecule has 1 aromatic carbocycles. The molecule has 0 aliphatic carbocycles. The summed E-state index contributed by atoms with van der Waals surface area (Å²) in [5.41, 5.74) is 3.52. The van der Waals surface area contributed by atoms with E-state index in [1.54, 1.807) is 0 Å². The predicted molar refractivity (Wildman–Crippen MR) is 104 cm³/mol. The topological polar surface area (TPSA) is 42.3 Å². The van der Waals surface area contributed by atoms with Crippen molar-refractivity contribution in [1.82, 2.24) is 20.0 Å². The van der Waals surface area contributed by atoms with Gasteiger partial charge in [0.2, 0.25) is 0 Å². The molecule has 0 aliphatic rings. The molecule has 5 nitrogen and oxygen atoms in total. The number of hydrogen-bond donors (Lipinski definition) is 1. The standard InChI is InChI=1S/C20H32N4O/c1-6-18(7-2)25-19-10-8-17(9-11-19)24-20(16(3)14-22-24)15-23(5)13-12-21-4/h8-11,14,18,21H,6-7,12-13,15H2,1-5H3. The van der Waals surface area contributed by atoms with E-state index < -0.39 is 0 Å². The van der Waals surface area contributed by atoms with Gasteiger partial charge in [0.15, 0.2) is 0 Å². The number of nitrogens with zero attached hydrogens (tertiary/aromatic N) is 3. The Balaban J connectivity index is 2.13. The van der Waals surface area contributed by atoms with E-state index >= 15 is 0 Å². The van der Waals surface area contributed by atoms with Crippen LogP contribution in [0.4, 0.5) is 0 Å². The molecule has 138 valence electrons. The summed E-state index contributed by atoms with van der Waals surface area (Å²) in [5.74, 6) is 0.925. The van der Waals surface area contributed by atoms with Crippen LogP contribution in [0.15, 0.2) is 30.5 Å². The van der Waals surface area contributed by atoms with Crippen LogP contribution in [0.5, 0.6) is 5.75 Å². The van der Waals surface area contributed by atoms with E-state index in [1.165, 1.54) is 11.3 Å². The van der Waals surface area contributed by atoms with E-state index in [0.717, 1.165) is 43.9 Å². The van der Waals surface area contributed by atoms with E-state index in [0.29, 0.717) is 0 Å². The highest BCUT2D eigenvalue weighted by molar-refractivity contribution is 5.39. The van der Waals surface area contributed by atoms with E-state index in [9.17, 15) is 0 Å². The monoisotopic (exact) mass is 344 g/mol. The Labute approximate surface area is 152 Å². The fourth-order valence-corrected chi connectivity index (χ4v) is 2.82. The van der Waals surface area contributed by atoms with Gasteiger partial charge in [0, 0.05) is 19.6 Å². The molecule has 0 aliphatic heterocycles. The SMILES string of the molecule is CCC(CC)Oc1ccc(-n2ncc(C)c2CN(C)CCNC)cc1. The van der Waals surface area contributed by atoms with Gasteiger partial charge >= 0.3 is 0 Å². The summed E-state index contributed by atoms with van der Waals surface area (Å²) in [7, 11) is 4.12. The molecular weight excluding hydrogens is 312 g/mol. The summed E-state index contributed by atoms with van der Waals surface area (Å²) >= 11 is 0. The van der Waals surface area contributed by atoms with Crippen LogP contribution < -0.4 is 10.1 Å². The molecule has 1 aromatic heterocycles. The van der Waals surface area contributed by atoms with Gasteiger partial charge in [-0.15, -0.1) is 0 Å². The average Bonchev–Trinajstić information content (AvgIpc) is 2.99. The molecule has 2 rings (SSSR count). The van der Waals surface area contributed by atoms with Gasteiger partial charge in [-0.3, -0.25) is 4.90 Å². The molecule has 0 spiro atoms. The second-order valence-electron chi connectivity index (χ2n) is 6.58. The van der Waals surface area contributed by atoms with Gasteiger partial charge in [-0.1, -0.05) is 13.8 Å². The number of aromatic nitrogens is 2. The van der Waals surface area contributed by atoms with Crippen LogP contribution in [0.2, 0.25) is 0 Å². The first-order valence-corrected chi connectivity index (χ1v) is 9.22. The van der Waals surface area contributed by atoms with Gasteiger partial charge in [0.05, 0.1) is 23.7 Å². The lowest BCUT2D eigenvalue weighted by molar-refractivity contribution is 0.193. The zero-order valence-corrected chi connectivity index (χ0v) is 16.2. The fraction of sp³-hybridized carbons (Fsp3) is 0.550. The van der Waals surface area contributed by atoms with Crippen molar-refractivity contribution in [1.29, 1.82) is 0 Å². The smallest absolute Gasteiger partial charge is 0.119 e. The maximum atomic E-state index is 6.00. The Kier molecular flexibility index (Phi) is 7.47. The molecule has 1 N–H and O–H groups in total. The zero-order chi connectivity index (χ0) is 18.2. The van der Waals surface area contributed by atoms with Crippen LogP contribution in [-0.4, -0.2) is 48.0 Å². The minimum atomic E-state index is 0.286. The molecule has 0 saturated carbocycles. The molecule has 25 heavy (non-hydrogen) atoms. The third kappa shape index (κ3) is 5.31. The van der Waals surface area contributed by atoms with Crippen LogP contribution in [0.1, 0.15) is 37.9 Å². The second kappa shape index (κ2) is 9.59. The molecule has 1 heterocycles. The number of nitrogens with one attached hydrogen (secondary N) is 1. The van der Waals surface area contributed by atoms with E-state index in [4.69, 9.17) is 4.74 Å². The number of aryl methyl sites for hydroxylation is 1. The van der Waals surface area contributed by atoms with Gasteiger partial charge < -0.3 is 10.1 Å². The number of benzene rings is 1. The van der Waals surface area contributed by atoms with Crippen molar-refractivity contribution in [2.45, 2.75) is 46.3 Å². The molecule has 0 bridgehead atoms. The second-order valence-corrected chi connectivity index (χ2v) is 6.58. The number of rotatable bonds is 10. The minimum absolute atomic E-state index is 0.286. The number of hydrogen-bond acceptors (Lipinski definition) is 4. The summed E-state index contributed by atoms with van der Waals surface area (Å²) in [6.45, 7) is 9.29. The quantitative estimate of drug-likeness (QED) is 0.717. The van der Waals surface area contributed by atoms with Crippen molar-refractivity contribution in [3.63, 3.8) is 0 Å². The lowest BCUT2D eigenvalue weighted by atomic mass is 10.2. The van der Waals surface area contributed by atoms with Crippen LogP contribution in [-0.2, 0) is 6.54 Å². The Morgan fingerprint density at radius 2 is 1.88 bits per heavy atom. The highest BCUT2D eigenvalue weighted by atomic mass is 16.5. The normalized spacial score (nSPS) is 11.5. The summed E-state index contributed by atoms with van der Waals surface area (Å²) in [5, 5.41) is 7.77. The molecule has 0 amide bonds. The van der Waals surface area contributed by atoms with Crippen molar-refractivity contribution in [2.24, 2.45) is 0 Å². The summed E-state index contributed by atoms with van der Waals surface area (Å²) in [4.78, 5) is 2.31. The first kappa shape index (κ1) is 19.5. The van der Waals surface area contributed by atoms with Crippen molar-refractivity contribution in [3.8, 4) is 11.4 Å². The third-order valence-electron chi connectivity index (χ3n) is 4.54. The van der Waals surface area contributed by atoms with Crippen molar-refractivity contribution in [2.75, 3.05) is 27.2 Å². The molecule has 0 fully saturated rings. The summed E-state index contributed by atoms with van der Waals surface area (Å²) < 4.78 is 8.04. The van der Waals surface area contributed by atoms with Gasteiger partial charge in [-0.05, 0) is 63.7 Å². The predicted octanol–water partition coefficient (Wildman–Crippen LogP) is 3.40. The first-order valence-electron chi connectivity index (χ1n) is 9.22. The molecular formula is C20H32N4O. The molecule has 0 saturated heterocycles. The van der Waals surface area contributed by atoms with E-state index in [-0.39, 0.29) is 6.10 Å². The lowest BCUT2D eigenvalue weighted by Gasteiger charge is -2.19. The Morgan fingerprint density at radius 1 is 1.20 bits per heavy atom. The highest BCUT2D eigenvalue weighted by Gasteiger charge is 2.12. The van der Waals surface area contributed by atoms with E-state index in [1.807, 2.05) is 30.1 Å². The molecule has 0 radical (unpaired) electrons. The first-order chi connectivity index (χ1) is 12.1. The maximum Gasteiger partial charge on any atom is 0.119 e. The molecule has 2 aromatic rings. The van der Waals surface area contributed by atoms with Gasteiger partial charge in [0.25, 0.3) is 0 Å². The summed E-state index contributed by atoms with van der Waals surface area (Å²) in [6.07, 6.45) is 4.28. The van der Waals surface area contributed by atoms with Crippen LogP contribution in [0.25, 0.3) is 5.69 Å². The number of ether oxygens (including phenoxy) is 1. The highest BCUT2D eigenvalue weighted by Crippen LogP contribution is 2.21. The van der Waals surface area contributed by atoms with Gasteiger partial charge in [-0.25, -0.2) is 4.68 Å². The third-order valence-corrected chi connectivity index (χ3v) is 4.54. The van der Waals surface area contributed by atoms with Crippen molar-refractivity contribution < 1.29 is 4.74 Å². The largest absolute Gasteiger partial charge is 0.490 e. The van der Waals surface area contributed by atoms with Crippen molar-refractivity contribution in [3.05, 3.63) is 41.7 Å². The van der Waals surface area contributed by atoms with E-state index in [2.05, 4.69) is 55.3 Å². The molecule has 5 heteroatoms. The van der Waals surface area contributed by atoms with Crippen LogP contribution in [0.3, 0.4) is 0 Å². The van der Waals surface area contributed by atoms with Crippen LogP contribution >= 0.6 is 0 Å². The molecule has 0 atom stereocenters. The van der Waals surface area contributed by atoms with Gasteiger partial charge in [0.1, 0.15) is 5.75 Å². The van der Waals surface area contributed by atoms with Crippen LogP contribution in [0, 0.1) is 6.92 Å². The van der Waals surface area contributed by atoms with Crippen molar-refractivity contribution >= 4 is 0 Å². The Hall–Kier alpha value is -1.85. The maximum absolute atomic E-state index is 6.00. The number of likely N-dealkylation sites (N-methyl/N-ethyl adjacent to an activating group) is 2. The molecule has 0 unspecified atom stereocenters. The van der Waals surface area contributed by atoms with Gasteiger partial charge in [-0.2, -0.15) is 5.10 Å². The Bertz CT molecular complexity index is 632. The zero-order valence-electron chi connectivity index (χ0n) is 16.2. The lowest BCUT2D eigenvalue weighted by Crippen LogP contribution is -2.28. The summed E-state index contributed by atoms with van der Waals surface area (Å²) in [6, 6.07) is 8.25.